The molecule has 0 radical (unpaired) electrons. The first kappa shape index (κ1) is 15.4. The van der Waals surface area contributed by atoms with Gasteiger partial charge in [-0.3, -0.25) is 9.80 Å². The number of rotatable bonds is 5. The van der Waals surface area contributed by atoms with Crippen molar-refractivity contribution in [1.82, 2.24) is 9.80 Å². The molecule has 1 aromatic rings. The van der Waals surface area contributed by atoms with Crippen molar-refractivity contribution in [2.75, 3.05) is 26.2 Å². The van der Waals surface area contributed by atoms with Gasteiger partial charge in [0, 0.05) is 44.7 Å². The lowest BCUT2D eigenvalue weighted by Crippen LogP contribution is -2.50. The van der Waals surface area contributed by atoms with Crippen LogP contribution in [0.2, 0.25) is 0 Å². The highest BCUT2D eigenvalue weighted by Crippen LogP contribution is 2.25. The molecular formula is C16H25N3S. The Hall–Kier alpha value is -0.970. The molecule has 1 aliphatic heterocycles. The van der Waals surface area contributed by atoms with Crippen LogP contribution in [0.15, 0.2) is 30.3 Å². The van der Waals surface area contributed by atoms with Crippen molar-refractivity contribution in [2.24, 2.45) is 5.73 Å². The monoisotopic (exact) mass is 291 g/mol. The van der Waals surface area contributed by atoms with Crippen LogP contribution in [0.3, 0.4) is 0 Å². The van der Waals surface area contributed by atoms with Crippen molar-refractivity contribution >= 4 is 17.2 Å². The summed E-state index contributed by atoms with van der Waals surface area (Å²) in [5, 5.41) is 0. The second kappa shape index (κ2) is 7.16. The maximum Gasteiger partial charge on any atom is 0.0746 e. The van der Waals surface area contributed by atoms with E-state index in [9.17, 15) is 0 Å². The highest BCUT2D eigenvalue weighted by atomic mass is 32.1. The Morgan fingerprint density at radius 3 is 2.15 bits per heavy atom. The summed E-state index contributed by atoms with van der Waals surface area (Å²) in [6.07, 6.45) is 0.765. The first-order chi connectivity index (χ1) is 9.58. The Morgan fingerprint density at radius 2 is 1.65 bits per heavy atom. The van der Waals surface area contributed by atoms with Crippen molar-refractivity contribution in [3.05, 3.63) is 35.9 Å². The topological polar surface area (TPSA) is 32.5 Å². The Morgan fingerprint density at radius 1 is 1.10 bits per heavy atom. The fourth-order valence-electron chi connectivity index (χ4n) is 2.89. The smallest absolute Gasteiger partial charge is 0.0746 e. The molecule has 0 aromatic heterocycles. The molecule has 4 heteroatoms. The van der Waals surface area contributed by atoms with Gasteiger partial charge in [-0.2, -0.15) is 0 Å². The van der Waals surface area contributed by atoms with Crippen molar-refractivity contribution < 1.29 is 0 Å². The van der Waals surface area contributed by atoms with E-state index in [1.807, 2.05) is 0 Å². The molecule has 1 fully saturated rings. The normalized spacial score (nSPS) is 19.1. The van der Waals surface area contributed by atoms with Crippen LogP contribution in [-0.2, 0) is 0 Å². The molecule has 0 amide bonds. The van der Waals surface area contributed by atoms with Crippen LogP contribution in [-0.4, -0.2) is 47.0 Å². The number of piperazine rings is 1. The number of hydrogen-bond acceptors (Lipinski definition) is 3. The zero-order valence-corrected chi connectivity index (χ0v) is 13.3. The fourth-order valence-corrected chi connectivity index (χ4v) is 3.05. The second-order valence-electron chi connectivity index (χ2n) is 5.76. The average molecular weight is 291 g/mol. The Balaban J connectivity index is 2.07. The molecule has 3 nitrogen and oxygen atoms in total. The lowest BCUT2D eigenvalue weighted by Gasteiger charge is -2.41. The second-order valence-corrected chi connectivity index (χ2v) is 6.29. The predicted octanol–water partition coefficient (Wildman–Crippen LogP) is 2.43. The van der Waals surface area contributed by atoms with Crippen molar-refractivity contribution in [3.63, 3.8) is 0 Å². The maximum absolute atomic E-state index is 5.81. The summed E-state index contributed by atoms with van der Waals surface area (Å²) in [4.78, 5) is 5.65. The first-order valence-electron chi connectivity index (χ1n) is 7.39. The summed E-state index contributed by atoms with van der Waals surface area (Å²) in [6, 6.07) is 11.5. The SMILES string of the molecule is CC(C)N1CCN(C(CC(N)=S)c2ccccc2)CC1. The molecular weight excluding hydrogens is 266 g/mol. The lowest BCUT2D eigenvalue weighted by atomic mass is 10.0. The number of nitrogens with two attached hydrogens (primary N) is 1. The zero-order valence-electron chi connectivity index (χ0n) is 12.5. The van der Waals surface area contributed by atoms with E-state index in [2.05, 4.69) is 54.0 Å². The van der Waals surface area contributed by atoms with Gasteiger partial charge in [-0.15, -0.1) is 0 Å². The van der Waals surface area contributed by atoms with Crippen molar-refractivity contribution in [3.8, 4) is 0 Å². The van der Waals surface area contributed by atoms with Gasteiger partial charge in [0.1, 0.15) is 0 Å². The van der Waals surface area contributed by atoms with E-state index in [1.54, 1.807) is 0 Å². The van der Waals surface area contributed by atoms with Gasteiger partial charge in [0.15, 0.2) is 0 Å². The highest BCUT2D eigenvalue weighted by Gasteiger charge is 2.26. The van der Waals surface area contributed by atoms with E-state index in [-0.39, 0.29) is 0 Å². The van der Waals surface area contributed by atoms with Crippen LogP contribution < -0.4 is 5.73 Å². The van der Waals surface area contributed by atoms with Gasteiger partial charge in [0.05, 0.1) is 4.99 Å². The molecule has 1 heterocycles. The number of nitrogens with zero attached hydrogens (tertiary/aromatic N) is 2. The molecule has 0 spiro atoms. The van der Waals surface area contributed by atoms with E-state index < -0.39 is 0 Å². The molecule has 2 N–H and O–H groups in total. The number of thiocarbonyl (C=S) groups is 1. The van der Waals surface area contributed by atoms with Gasteiger partial charge in [0.2, 0.25) is 0 Å². The van der Waals surface area contributed by atoms with Crippen LogP contribution in [0, 0.1) is 0 Å². The van der Waals surface area contributed by atoms with Crippen LogP contribution in [0.1, 0.15) is 31.9 Å². The molecule has 0 bridgehead atoms. The van der Waals surface area contributed by atoms with Crippen molar-refractivity contribution in [1.29, 1.82) is 0 Å². The summed E-state index contributed by atoms with van der Waals surface area (Å²) in [6.45, 7) is 8.94. The molecule has 1 atom stereocenters. The van der Waals surface area contributed by atoms with Gasteiger partial charge >= 0.3 is 0 Å². The molecule has 1 aromatic carbocycles. The molecule has 20 heavy (non-hydrogen) atoms. The Labute approximate surface area is 127 Å². The zero-order chi connectivity index (χ0) is 14.5. The van der Waals surface area contributed by atoms with Gasteiger partial charge in [-0.25, -0.2) is 0 Å². The molecule has 1 aliphatic rings. The predicted molar refractivity (Wildman–Crippen MR) is 88.9 cm³/mol. The van der Waals surface area contributed by atoms with Crippen LogP contribution in [0.25, 0.3) is 0 Å². The van der Waals surface area contributed by atoms with Crippen LogP contribution >= 0.6 is 12.2 Å². The van der Waals surface area contributed by atoms with Crippen molar-refractivity contribution in [2.45, 2.75) is 32.4 Å². The van der Waals surface area contributed by atoms with Gasteiger partial charge in [-0.05, 0) is 19.4 Å². The minimum absolute atomic E-state index is 0.322. The quantitative estimate of drug-likeness (QED) is 0.845. The largest absolute Gasteiger partial charge is 0.393 e. The average Bonchev–Trinajstić information content (AvgIpc) is 2.45. The summed E-state index contributed by atoms with van der Waals surface area (Å²) in [7, 11) is 0. The Bertz CT molecular complexity index is 425. The molecule has 0 saturated carbocycles. The van der Waals surface area contributed by atoms with Crippen LogP contribution in [0.5, 0.6) is 0 Å². The summed E-state index contributed by atoms with van der Waals surface area (Å²) >= 11 is 5.15. The maximum atomic E-state index is 5.81. The minimum atomic E-state index is 0.322. The Kier molecular flexibility index (Phi) is 5.52. The molecule has 0 aliphatic carbocycles. The van der Waals surface area contributed by atoms with E-state index >= 15 is 0 Å². The van der Waals surface area contributed by atoms with Gasteiger partial charge in [-0.1, -0.05) is 42.5 Å². The third-order valence-corrected chi connectivity index (χ3v) is 4.27. The third kappa shape index (κ3) is 4.01. The fraction of sp³-hybridized carbons (Fsp3) is 0.562. The lowest BCUT2D eigenvalue weighted by molar-refractivity contribution is 0.0799. The van der Waals surface area contributed by atoms with E-state index in [1.165, 1.54) is 5.56 Å². The molecule has 2 rings (SSSR count). The number of hydrogen-bond donors (Lipinski definition) is 1. The van der Waals surface area contributed by atoms with Gasteiger partial charge < -0.3 is 5.73 Å². The standard InChI is InChI=1S/C16H25N3S/c1-13(2)18-8-10-19(11-9-18)15(12-16(17)20)14-6-4-3-5-7-14/h3-7,13,15H,8-12H2,1-2H3,(H2,17,20). The highest BCUT2D eigenvalue weighted by molar-refractivity contribution is 7.80. The van der Waals surface area contributed by atoms with Gasteiger partial charge in [0.25, 0.3) is 0 Å². The van der Waals surface area contributed by atoms with E-state index in [0.717, 1.165) is 32.6 Å². The molecule has 1 unspecified atom stereocenters. The van der Waals surface area contributed by atoms with E-state index in [4.69, 9.17) is 18.0 Å². The molecule has 1 saturated heterocycles. The third-order valence-electron chi connectivity index (χ3n) is 4.10. The molecule has 110 valence electrons. The minimum Gasteiger partial charge on any atom is -0.393 e. The summed E-state index contributed by atoms with van der Waals surface area (Å²) < 4.78 is 0. The summed E-state index contributed by atoms with van der Waals surface area (Å²) in [5.74, 6) is 0. The number of benzene rings is 1. The van der Waals surface area contributed by atoms with E-state index in [0.29, 0.717) is 17.1 Å². The first-order valence-corrected chi connectivity index (χ1v) is 7.80. The summed E-state index contributed by atoms with van der Waals surface area (Å²) in [5.41, 5.74) is 7.13. The van der Waals surface area contributed by atoms with Crippen LogP contribution in [0.4, 0.5) is 0 Å².